The highest BCUT2D eigenvalue weighted by Gasteiger charge is 2.21. The topological polar surface area (TPSA) is 53.0 Å². The zero-order valence-corrected chi connectivity index (χ0v) is 14.2. The molecule has 1 aliphatic rings. The maximum absolute atomic E-state index is 12.3. The van der Waals surface area contributed by atoms with E-state index in [9.17, 15) is 9.90 Å². The molecule has 1 aliphatic heterocycles. The van der Waals surface area contributed by atoms with Crippen LogP contribution in [-0.2, 0) is 11.2 Å². The summed E-state index contributed by atoms with van der Waals surface area (Å²) in [6.45, 7) is 5.93. The molecule has 23 heavy (non-hydrogen) atoms. The van der Waals surface area contributed by atoms with Crippen LogP contribution in [0.3, 0.4) is 0 Å². The molecule has 0 saturated carbocycles. The van der Waals surface area contributed by atoms with E-state index in [1.807, 2.05) is 36.1 Å². The van der Waals surface area contributed by atoms with Gasteiger partial charge >= 0.3 is 0 Å². The van der Waals surface area contributed by atoms with Gasteiger partial charge in [-0.25, -0.2) is 0 Å². The molecule has 1 saturated heterocycles. The number of methoxy groups -OCH3 is 1. The summed E-state index contributed by atoms with van der Waals surface area (Å²) in [5.74, 6) is 1.06. The zero-order chi connectivity index (χ0) is 16.7. The van der Waals surface area contributed by atoms with Gasteiger partial charge in [-0.3, -0.25) is 9.69 Å². The number of nitrogens with zero attached hydrogens (tertiary/aromatic N) is 2. The first-order valence-electron chi connectivity index (χ1n) is 8.43. The lowest BCUT2D eigenvalue weighted by Gasteiger charge is -2.35. The summed E-state index contributed by atoms with van der Waals surface area (Å²) in [5, 5.41) is 9.70. The van der Waals surface area contributed by atoms with E-state index in [4.69, 9.17) is 4.74 Å². The highest BCUT2D eigenvalue weighted by molar-refractivity contribution is 5.76. The Morgan fingerprint density at radius 1 is 1.22 bits per heavy atom. The fourth-order valence-corrected chi connectivity index (χ4v) is 2.81. The molecule has 5 nitrogen and oxygen atoms in total. The minimum atomic E-state index is -0.257. The molecule has 1 atom stereocenters. The molecule has 5 heteroatoms. The molecule has 0 bridgehead atoms. The SMILES string of the molecule is CC[C@@H](O)CN1CCN(C(=O)CCc2ccc(OC)cc2)CC1. The summed E-state index contributed by atoms with van der Waals surface area (Å²) < 4.78 is 5.14. The van der Waals surface area contributed by atoms with E-state index in [-0.39, 0.29) is 12.0 Å². The summed E-state index contributed by atoms with van der Waals surface area (Å²) in [6.07, 6.45) is 1.83. The van der Waals surface area contributed by atoms with Gasteiger partial charge in [-0.2, -0.15) is 0 Å². The number of rotatable bonds is 7. The second kappa shape index (κ2) is 8.89. The summed E-state index contributed by atoms with van der Waals surface area (Å²) in [5.41, 5.74) is 1.16. The van der Waals surface area contributed by atoms with Gasteiger partial charge in [0.15, 0.2) is 0 Å². The monoisotopic (exact) mass is 320 g/mol. The standard InChI is InChI=1S/C18H28N2O3/c1-3-16(21)14-19-10-12-20(13-11-19)18(22)9-6-15-4-7-17(23-2)8-5-15/h4-5,7-8,16,21H,3,6,9-14H2,1-2H3/t16-/m1/s1. The average Bonchev–Trinajstić information content (AvgIpc) is 2.60. The van der Waals surface area contributed by atoms with Crippen LogP contribution >= 0.6 is 0 Å². The molecule has 2 rings (SSSR count). The van der Waals surface area contributed by atoms with Crippen LogP contribution in [0.4, 0.5) is 0 Å². The first-order chi connectivity index (χ1) is 11.1. The minimum absolute atomic E-state index is 0.219. The minimum Gasteiger partial charge on any atom is -0.497 e. The largest absolute Gasteiger partial charge is 0.497 e. The second-order valence-corrected chi connectivity index (χ2v) is 6.09. The van der Waals surface area contributed by atoms with Crippen molar-refractivity contribution < 1.29 is 14.6 Å². The summed E-state index contributed by atoms with van der Waals surface area (Å²) in [6, 6.07) is 7.88. The molecule has 0 unspecified atom stereocenters. The van der Waals surface area contributed by atoms with Gasteiger partial charge in [0.1, 0.15) is 5.75 Å². The lowest BCUT2D eigenvalue weighted by molar-refractivity contribution is -0.133. The average molecular weight is 320 g/mol. The predicted octanol–water partition coefficient (Wildman–Crippen LogP) is 1.54. The predicted molar refractivity (Wildman–Crippen MR) is 90.6 cm³/mol. The van der Waals surface area contributed by atoms with Gasteiger partial charge in [-0.15, -0.1) is 0 Å². The number of amides is 1. The van der Waals surface area contributed by atoms with Crippen molar-refractivity contribution >= 4 is 5.91 Å². The molecule has 0 aliphatic carbocycles. The molecular weight excluding hydrogens is 292 g/mol. The number of aliphatic hydroxyl groups is 1. The van der Waals surface area contributed by atoms with Crippen molar-refractivity contribution in [3.63, 3.8) is 0 Å². The first kappa shape index (κ1) is 17.8. The number of hydrogen-bond donors (Lipinski definition) is 1. The van der Waals surface area contributed by atoms with Crippen molar-refractivity contribution in [3.8, 4) is 5.75 Å². The van der Waals surface area contributed by atoms with Gasteiger partial charge in [0.05, 0.1) is 13.2 Å². The van der Waals surface area contributed by atoms with Gasteiger partial charge in [-0.1, -0.05) is 19.1 Å². The lowest BCUT2D eigenvalue weighted by atomic mass is 10.1. The Labute approximate surface area is 138 Å². The summed E-state index contributed by atoms with van der Waals surface area (Å²) >= 11 is 0. The van der Waals surface area contributed by atoms with Crippen molar-refractivity contribution in [1.82, 2.24) is 9.80 Å². The van der Waals surface area contributed by atoms with E-state index >= 15 is 0 Å². The molecule has 0 aromatic heterocycles. The van der Waals surface area contributed by atoms with E-state index in [2.05, 4.69) is 4.90 Å². The number of benzene rings is 1. The maximum Gasteiger partial charge on any atom is 0.222 e. The Morgan fingerprint density at radius 2 is 1.87 bits per heavy atom. The van der Waals surface area contributed by atoms with Crippen LogP contribution in [0.1, 0.15) is 25.3 Å². The van der Waals surface area contributed by atoms with Gasteiger partial charge in [0, 0.05) is 39.1 Å². The molecule has 1 aromatic rings. The van der Waals surface area contributed by atoms with Crippen LogP contribution in [0.15, 0.2) is 24.3 Å². The molecule has 1 amide bonds. The molecule has 128 valence electrons. The number of aryl methyl sites for hydroxylation is 1. The first-order valence-corrected chi connectivity index (χ1v) is 8.43. The normalized spacial score (nSPS) is 17.1. The van der Waals surface area contributed by atoms with E-state index in [1.165, 1.54) is 0 Å². The molecular formula is C18H28N2O3. The summed E-state index contributed by atoms with van der Waals surface area (Å²) in [4.78, 5) is 16.5. The van der Waals surface area contributed by atoms with E-state index in [0.717, 1.165) is 50.3 Å². The number of aliphatic hydroxyl groups excluding tert-OH is 1. The Morgan fingerprint density at radius 3 is 2.43 bits per heavy atom. The molecule has 1 fully saturated rings. The summed E-state index contributed by atoms with van der Waals surface area (Å²) in [7, 11) is 1.65. The quantitative estimate of drug-likeness (QED) is 0.828. The Balaban J connectivity index is 1.72. The van der Waals surface area contributed by atoms with E-state index in [0.29, 0.717) is 13.0 Å². The van der Waals surface area contributed by atoms with Crippen LogP contribution in [-0.4, -0.2) is 66.8 Å². The molecule has 1 aromatic carbocycles. The fraction of sp³-hybridized carbons (Fsp3) is 0.611. The van der Waals surface area contributed by atoms with Gasteiger partial charge < -0.3 is 14.7 Å². The van der Waals surface area contributed by atoms with Gasteiger partial charge in [0.2, 0.25) is 5.91 Å². The van der Waals surface area contributed by atoms with Crippen LogP contribution in [0.5, 0.6) is 5.75 Å². The maximum atomic E-state index is 12.3. The second-order valence-electron chi connectivity index (χ2n) is 6.09. The Hall–Kier alpha value is -1.59. The highest BCUT2D eigenvalue weighted by Crippen LogP contribution is 2.13. The highest BCUT2D eigenvalue weighted by atomic mass is 16.5. The number of hydrogen-bond acceptors (Lipinski definition) is 4. The van der Waals surface area contributed by atoms with Crippen LogP contribution < -0.4 is 4.74 Å². The zero-order valence-electron chi connectivity index (χ0n) is 14.2. The smallest absolute Gasteiger partial charge is 0.222 e. The van der Waals surface area contributed by atoms with Crippen LogP contribution in [0.25, 0.3) is 0 Å². The van der Waals surface area contributed by atoms with Crippen molar-refractivity contribution in [1.29, 1.82) is 0 Å². The molecule has 0 radical (unpaired) electrons. The third-order valence-corrected chi connectivity index (χ3v) is 4.45. The third kappa shape index (κ3) is 5.52. The van der Waals surface area contributed by atoms with Gasteiger partial charge in [0.25, 0.3) is 0 Å². The van der Waals surface area contributed by atoms with Gasteiger partial charge in [-0.05, 0) is 30.5 Å². The number of piperazine rings is 1. The third-order valence-electron chi connectivity index (χ3n) is 4.45. The fourth-order valence-electron chi connectivity index (χ4n) is 2.81. The molecule has 0 spiro atoms. The molecule has 1 N–H and O–H groups in total. The van der Waals surface area contributed by atoms with Crippen molar-refractivity contribution in [2.45, 2.75) is 32.3 Å². The Kier molecular flexibility index (Phi) is 6.86. The van der Waals surface area contributed by atoms with Crippen LogP contribution in [0.2, 0.25) is 0 Å². The number of carbonyl (C=O) groups excluding carboxylic acids is 1. The Bertz CT molecular complexity index is 482. The van der Waals surface area contributed by atoms with Crippen molar-refractivity contribution in [2.75, 3.05) is 39.8 Å². The number of carbonyl (C=O) groups is 1. The van der Waals surface area contributed by atoms with Crippen molar-refractivity contribution in [2.24, 2.45) is 0 Å². The van der Waals surface area contributed by atoms with Crippen LogP contribution in [0, 0.1) is 0 Å². The number of β-amino-alcohol motifs (C(OH)–C–C–N with tert-alkyl or cyclic N) is 1. The van der Waals surface area contributed by atoms with E-state index < -0.39 is 0 Å². The lowest BCUT2D eigenvalue weighted by Crippen LogP contribution is -2.50. The van der Waals surface area contributed by atoms with Crippen molar-refractivity contribution in [3.05, 3.63) is 29.8 Å². The van der Waals surface area contributed by atoms with E-state index in [1.54, 1.807) is 7.11 Å². The number of ether oxygens (including phenoxy) is 1. The molecule has 1 heterocycles.